The molecule has 0 heterocycles. The molecule has 86 valence electrons. The molecular formula is C11H19NO3. The molecule has 1 amide bonds. The molecule has 0 saturated heterocycles. The molecule has 0 aromatic carbocycles. The molecule has 4 heteroatoms. The second-order valence-corrected chi connectivity index (χ2v) is 3.06. The van der Waals surface area contributed by atoms with E-state index in [2.05, 4.69) is 0 Å². The van der Waals surface area contributed by atoms with Crippen LogP contribution in [0.4, 0.5) is 0 Å². The quantitative estimate of drug-likeness (QED) is 0.494. The van der Waals surface area contributed by atoms with Crippen molar-refractivity contribution in [1.29, 1.82) is 0 Å². The van der Waals surface area contributed by atoms with E-state index < -0.39 is 0 Å². The van der Waals surface area contributed by atoms with Gasteiger partial charge in [-0.2, -0.15) is 0 Å². The first-order valence-electron chi connectivity index (χ1n) is 5.22. The normalized spacial score (nSPS) is 10.3. The molecule has 0 aromatic heterocycles. The zero-order valence-electron chi connectivity index (χ0n) is 9.66. The molecule has 0 atom stereocenters. The van der Waals surface area contributed by atoms with Gasteiger partial charge in [0.05, 0.1) is 6.61 Å². The van der Waals surface area contributed by atoms with Crippen LogP contribution in [0.1, 0.15) is 27.2 Å². The van der Waals surface area contributed by atoms with Crippen LogP contribution >= 0.6 is 0 Å². The van der Waals surface area contributed by atoms with Crippen molar-refractivity contribution < 1.29 is 14.3 Å². The summed E-state index contributed by atoms with van der Waals surface area (Å²) in [4.78, 5) is 24.2. The Balaban J connectivity index is 4.26. The highest BCUT2D eigenvalue weighted by Crippen LogP contribution is 1.96. The Hall–Kier alpha value is -1.32. The Labute approximate surface area is 90.9 Å². The monoisotopic (exact) mass is 213 g/mol. The SMILES string of the molecule is C/C=C/C(=O)N(CCC)CC(=O)OCC. The van der Waals surface area contributed by atoms with Crippen molar-refractivity contribution >= 4 is 11.9 Å². The summed E-state index contributed by atoms with van der Waals surface area (Å²) in [5.74, 6) is -0.504. The highest BCUT2D eigenvalue weighted by Gasteiger charge is 2.14. The molecule has 0 aliphatic carbocycles. The number of ether oxygens (including phenoxy) is 1. The van der Waals surface area contributed by atoms with Crippen molar-refractivity contribution in [3.05, 3.63) is 12.2 Å². The molecule has 0 fully saturated rings. The van der Waals surface area contributed by atoms with Crippen molar-refractivity contribution in [3.63, 3.8) is 0 Å². The maximum Gasteiger partial charge on any atom is 0.325 e. The molecule has 0 saturated carbocycles. The van der Waals surface area contributed by atoms with E-state index >= 15 is 0 Å². The summed E-state index contributed by atoms with van der Waals surface area (Å²) in [5.41, 5.74) is 0. The summed E-state index contributed by atoms with van der Waals surface area (Å²) >= 11 is 0. The van der Waals surface area contributed by atoms with Crippen molar-refractivity contribution in [3.8, 4) is 0 Å². The topological polar surface area (TPSA) is 46.6 Å². The third-order valence-electron chi connectivity index (χ3n) is 1.74. The van der Waals surface area contributed by atoms with Crippen molar-refractivity contribution in [2.24, 2.45) is 0 Å². The summed E-state index contributed by atoms with van der Waals surface area (Å²) in [6, 6.07) is 0. The van der Waals surface area contributed by atoms with E-state index in [9.17, 15) is 9.59 Å². The number of hydrogen-bond donors (Lipinski definition) is 0. The summed E-state index contributed by atoms with van der Waals surface area (Å²) < 4.78 is 4.79. The fourth-order valence-corrected chi connectivity index (χ4v) is 1.15. The van der Waals surface area contributed by atoms with Crippen LogP contribution in [0.2, 0.25) is 0 Å². The summed E-state index contributed by atoms with van der Waals surface area (Å²) in [7, 11) is 0. The standard InChI is InChI=1S/C11H19NO3/c1-4-7-10(13)12(8-5-2)9-11(14)15-6-3/h4,7H,5-6,8-9H2,1-3H3/b7-4+. The minimum absolute atomic E-state index is 0.0326. The van der Waals surface area contributed by atoms with Crippen LogP contribution < -0.4 is 0 Å². The second kappa shape index (κ2) is 8.03. The maximum atomic E-state index is 11.5. The lowest BCUT2D eigenvalue weighted by atomic mass is 10.3. The number of amides is 1. The van der Waals surface area contributed by atoms with Gasteiger partial charge in [0.1, 0.15) is 6.54 Å². The van der Waals surface area contributed by atoms with E-state index in [0.717, 1.165) is 6.42 Å². The minimum Gasteiger partial charge on any atom is -0.465 e. The number of esters is 1. The van der Waals surface area contributed by atoms with Crippen LogP contribution in [0, 0.1) is 0 Å². The Morgan fingerprint density at radius 1 is 1.33 bits per heavy atom. The van der Waals surface area contributed by atoms with E-state index in [1.54, 1.807) is 19.9 Å². The maximum absolute atomic E-state index is 11.5. The van der Waals surface area contributed by atoms with Gasteiger partial charge in [0.25, 0.3) is 0 Å². The number of carbonyl (C=O) groups excluding carboxylic acids is 2. The Morgan fingerprint density at radius 3 is 2.47 bits per heavy atom. The van der Waals surface area contributed by atoms with Crippen molar-refractivity contribution in [2.75, 3.05) is 19.7 Å². The molecule has 0 N–H and O–H groups in total. The molecule has 4 nitrogen and oxygen atoms in total. The van der Waals surface area contributed by atoms with Gasteiger partial charge >= 0.3 is 5.97 Å². The van der Waals surface area contributed by atoms with Gasteiger partial charge in [0, 0.05) is 6.54 Å². The number of carbonyl (C=O) groups is 2. The van der Waals surface area contributed by atoms with Gasteiger partial charge < -0.3 is 9.64 Å². The number of nitrogens with zero attached hydrogens (tertiary/aromatic N) is 1. The van der Waals surface area contributed by atoms with Gasteiger partial charge in [-0.05, 0) is 26.3 Å². The van der Waals surface area contributed by atoms with E-state index in [1.807, 2.05) is 6.92 Å². The minimum atomic E-state index is -0.358. The fraction of sp³-hybridized carbons (Fsp3) is 0.636. The molecule has 15 heavy (non-hydrogen) atoms. The third-order valence-corrected chi connectivity index (χ3v) is 1.74. The predicted octanol–water partition coefficient (Wildman–Crippen LogP) is 1.36. The first-order valence-corrected chi connectivity index (χ1v) is 5.22. The lowest BCUT2D eigenvalue weighted by molar-refractivity contribution is -0.147. The van der Waals surface area contributed by atoms with Gasteiger partial charge in [-0.15, -0.1) is 0 Å². The van der Waals surface area contributed by atoms with Crippen LogP contribution in [0.15, 0.2) is 12.2 Å². The first kappa shape index (κ1) is 13.7. The number of hydrogen-bond acceptors (Lipinski definition) is 3. The summed E-state index contributed by atoms with van der Waals surface area (Å²) in [6.07, 6.45) is 3.94. The largest absolute Gasteiger partial charge is 0.465 e. The molecule has 0 radical (unpaired) electrons. The van der Waals surface area contributed by atoms with E-state index in [1.165, 1.54) is 11.0 Å². The lowest BCUT2D eigenvalue weighted by Crippen LogP contribution is -2.36. The molecule has 0 rings (SSSR count). The van der Waals surface area contributed by atoms with Gasteiger partial charge in [-0.25, -0.2) is 0 Å². The average molecular weight is 213 g/mol. The first-order chi connectivity index (χ1) is 7.15. The molecule has 0 aliphatic heterocycles. The van der Waals surface area contributed by atoms with Crippen LogP contribution in [0.3, 0.4) is 0 Å². The number of rotatable bonds is 6. The van der Waals surface area contributed by atoms with E-state index in [4.69, 9.17) is 4.74 Å². The van der Waals surface area contributed by atoms with Gasteiger partial charge in [-0.3, -0.25) is 9.59 Å². The van der Waals surface area contributed by atoms with E-state index in [-0.39, 0.29) is 18.4 Å². The molecule has 0 aliphatic rings. The molecule has 0 spiro atoms. The van der Waals surface area contributed by atoms with Crippen LogP contribution in [-0.2, 0) is 14.3 Å². The molecule has 0 bridgehead atoms. The van der Waals surface area contributed by atoms with E-state index in [0.29, 0.717) is 13.2 Å². The highest BCUT2D eigenvalue weighted by atomic mass is 16.5. The van der Waals surface area contributed by atoms with Crippen molar-refractivity contribution in [2.45, 2.75) is 27.2 Å². The summed E-state index contributed by atoms with van der Waals surface area (Å²) in [6.45, 7) is 6.42. The van der Waals surface area contributed by atoms with Gasteiger partial charge in [0.15, 0.2) is 0 Å². The number of allylic oxidation sites excluding steroid dienone is 1. The highest BCUT2D eigenvalue weighted by molar-refractivity contribution is 5.90. The third kappa shape index (κ3) is 5.88. The van der Waals surface area contributed by atoms with Gasteiger partial charge in [-0.1, -0.05) is 13.0 Å². The fourth-order valence-electron chi connectivity index (χ4n) is 1.15. The average Bonchev–Trinajstić information content (AvgIpc) is 2.18. The zero-order chi connectivity index (χ0) is 11.7. The molecule has 0 unspecified atom stereocenters. The van der Waals surface area contributed by atoms with Gasteiger partial charge in [0.2, 0.25) is 5.91 Å². The Morgan fingerprint density at radius 2 is 2.00 bits per heavy atom. The van der Waals surface area contributed by atoms with Crippen molar-refractivity contribution in [1.82, 2.24) is 4.90 Å². The molecular weight excluding hydrogens is 194 g/mol. The van der Waals surface area contributed by atoms with Crippen LogP contribution in [0.25, 0.3) is 0 Å². The summed E-state index contributed by atoms with van der Waals surface area (Å²) in [5, 5.41) is 0. The predicted molar refractivity (Wildman–Crippen MR) is 58.3 cm³/mol. The zero-order valence-corrected chi connectivity index (χ0v) is 9.66. The second-order valence-electron chi connectivity index (χ2n) is 3.06. The van der Waals surface area contributed by atoms with Crippen LogP contribution in [-0.4, -0.2) is 36.5 Å². The van der Waals surface area contributed by atoms with Crippen LogP contribution in [0.5, 0.6) is 0 Å². The smallest absolute Gasteiger partial charge is 0.325 e. The Kier molecular flexibility index (Phi) is 7.32. The Bertz CT molecular complexity index is 236. The lowest BCUT2D eigenvalue weighted by Gasteiger charge is -2.19. The molecule has 0 aromatic rings.